The Morgan fingerprint density at radius 3 is 2.57 bits per heavy atom. The number of nitrogens with zero attached hydrogens (tertiary/aromatic N) is 2. The average Bonchev–Trinajstić information content (AvgIpc) is 2.94. The fourth-order valence-corrected chi connectivity index (χ4v) is 1.96. The predicted octanol–water partition coefficient (Wildman–Crippen LogP) is 3.76. The van der Waals surface area contributed by atoms with Crippen LogP contribution in [0.25, 0.3) is 5.69 Å². The summed E-state index contributed by atoms with van der Waals surface area (Å²) in [5.41, 5.74) is 1.88. The minimum atomic E-state index is -0.174. The maximum atomic E-state index is 11.9. The van der Waals surface area contributed by atoms with Crippen LogP contribution in [0, 0.1) is 5.41 Å². The Hall–Kier alpha value is -2.01. The van der Waals surface area contributed by atoms with Gasteiger partial charge in [0, 0.05) is 29.4 Å². The van der Waals surface area contributed by atoms with Crippen LogP contribution in [0.5, 0.6) is 0 Å². The van der Waals surface area contributed by atoms with Crippen LogP contribution in [0.4, 0.5) is 4.79 Å². The fourth-order valence-electron chi connectivity index (χ4n) is 1.83. The fraction of sp³-hybridized carbons (Fsp3) is 0.412. The lowest BCUT2D eigenvalue weighted by atomic mass is 9.88. The van der Waals surface area contributed by atoms with Crippen molar-refractivity contribution in [3.63, 3.8) is 0 Å². The molecule has 0 aliphatic carbocycles. The van der Waals surface area contributed by atoms with Gasteiger partial charge in [0.15, 0.2) is 0 Å². The first-order chi connectivity index (χ1) is 10.8. The van der Waals surface area contributed by atoms with E-state index in [-0.39, 0.29) is 17.5 Å². The molecule has 23 heavy (non-hydrogen) atoms. The molecule has 2 amide bonds. The van der Waals surface area contributed by atoms with Gasteiger partial charge in [-0.2, -0.15) is 5.10 Å². The Bertz CT molecular complexity index is 658. The zero-order chi connectivity index (χ0) is 17.0. The second-order valence-corrected chi connectivity index (χ2v) is 7.12. The van der Waals surface area contributed by atoms with Crippen molar-refractivity contribution in [1.82, 2.24) is 20.4 Å². The Morgan fingerprint density at radius 1 is 1.30 bits per heavy atom. The van der Waals surface area contributed by atoms with Gasteiger partial charge < -0.3 is 10.6 Å². The Labute approximate surface area is 142 Å². The van der Waals surface area contributed by atoms with Gasteiger partial charge in [-0.3, -0.25) is 0 Å². The van der Waals surface area contributed by atoms with Crippen molar-refractivity contribution in [2.45, 2.75) is 40.3 Å². The molecule has 0 radical (unpaired) electrons. The lowest BCUT2D eigenvalue weighted by Crippen LogP contribution is -2.46. The SMILES string of the molecule is CC(NC(=O)NCc1cnn(-c2ccc(Cl)cc2)c1)C(C)(C)C. The van der Waals surface area contributed by atoms with Crippen LogP contribution in [0.3, 0.4) is 0 Å². The smallest absolute Gasteiger partial charge is 0.315 e. The number of carbonyl (C=O) groups is 1. The zero-order valence-corrected chi connectivity index (χ0v) is 14.7. The first-order valence-electron chi connectivity index (χ1n) is 7.59. The number of aromatic nitrogens is 2. The summed E-state index contributed by atoms with van der Waals surface area (Å²) in [4.78, 5) is 11.9. The maximum Gasteiger partial charge on any atom is 0.315 e. The quantitative estimate of drug-likeness (QED) is 0.894. The van der Waals surface area contributed by atoms with E-state index in [1.165, 1.54) is 0 Å². The molecule has 1 aromatic carbocycles. The number of hydrogen-bond donors (Lipinski definition) is 2. The molecule has 0 saturated heterocycles. The summed E-state index contributed by atoms with van der Waals surface area (Å²) in [6.07, 6.45) is 3.62. The van der Waals surface area contributed by atoms with Gasteiger partial charge in [-0.25, -0.2) is 9.48 Å². The molecule has 6 heteroatoms. The molecule has 1 unspecified atom stereocenters. The molecule has 2 aromatic rings. The third-order valence-corrected chi connectivity index (χ3v) is 4.08. The van der Waals surface area contributed by atoms with Crippen LogP contribution in [0.2, 0.25) is 5.02 Å². The summed E-state index contributed by atoms with van der Waals surface area (Å²) in [6, 6.07) is 7.33. The molecule has 0 aliphatic rings. The second kappa shape index (κ2) is 7.04. The normalized spacial score (nSPS) is 12.7. The third kappa shape index (κ3) is 4.99. The monoisotopic (exact) mass is 334 g/mol. The Morgan fingerprint density at radius 2 is 1.96 bits per heavy atom. The van der Waals surface area contributed by atoms with E-state index in [4.69, 9.17) is 11.6 Å². The van der Waals surface area contributed by atoms with Gasteiger partial charge in [-0.05, 0) is 36.6 Å². The predicted molar refractivity (Wildman–Crippen MR) is 92.9 cm³/mol. The number of rotatable bonds is 4. The van der Waals surface area contributed by atoms with Crippen LogP contribution < -0.4 is 10.6 Å². The van der Waals surface area contributed by atoms with Gasteiger partial charge in [0.2, 0.25) is 0 Å². The summed E-state index contributed by atoms with van der Waals surface area (Å²) in [5.74, 6) is 0. The summed E-state index contributed by atoms with van der Waals surface area (Å²) < 4.78 is 1.75. The van der Waals surface area contributed by atoms with Crippen LogP contribution in [0.1, 0.15) is 33.3 Å². The molecule has 1 aromatic heterocycles. The first-order valence-corrected chi connectivity index (χ1v) is 7.97. The molecule has 0 aliphatic heterocycles. The van der Waals surface area contributed by atoms with Crippen molar-refractivity contribution in [2.24, 2.45) is 5.41 Å². The van der Waals surface area contributed by atoms with Gasteiger partial charge in [0.1, 0.15) is 0 Å². The van der Waals surface area contributed by atoms with Gasteiger partial charge in [-0.15, -0.1) is 0 Å². The number of halogens is 1. The molecule has 2 N–H and O–H groups in total. The van der Waals surface area contributed by atoms with Crippen LogP contribution in [-0.4, -0.2) is 21.9 Å². The van der Waals surface area contributed by atoms with Gasteiger partial charge in [0.05, 0.1) is 11.9 Å². The molecular formula is C17H23ClN4O. The number of benzene rings is 1. The molecule has 1 heterocycles. The Balaban J connectivity index is 1.90. The summed E-state index contributed by atoms with van der Waals surface area (Å²) in [5, 5.41) is 10.8. The second-order valence-electron chi connectivity index (χ2n) is 6.68. The molecule has 2 rings (SSSR count). The highest BCUT2D eigenvalue weighted by molar-refractivity contribution is 6.30. The third-order valence-electron chi connectivity index (χ3n) is 3.83. The molecular weight excluding hydrogens is 312 g/mol. The number of hydrogen-bond acceptors (Lipinski definition) is 2. The van der Waals surface area contributed by atoms with Crippen molar-refractivity contribution in [2.75, 3.05) is 0 Å². The average molecular weight is 335 g/mol. The van der Waals surface area contributed by atoms with E-state index in [0.717, 1.165) is 11.3 Å². The number of amides is 2. The van der Waals surface area contributed by atoms with Crippen molar-refractivity contribution in [3.05, 3.63) is 47.2 Å². The molecule has 0 bridgehead atoms. The van der Waals surface area contributed by atoms with E-state index in [2.05, 4.69) is 36.5 Å². The summed E-state index contributed by atoms with van der Waals surface area (Å²) in [7, 11) is 0. The molecule has 1 atom stereocenters. The van der Waals surface area contributed by atoms with Gasteiger partial charge in [0.25, 0.3) is 0 Å². The Kier molecular flexibility index (Phi) is 5.31. The summed E-state index contributed by atoms with van der Waals surface area (Å²) >= 11 is 5.88. The van der Waals surface area contributed by atoms with Crippen LogP contribution >= 0.6 is 11.6 Å². The number of carbonyl (C=O) groups excluding carboxylic acids is 1. The van der Waals surface area contributed by atoms with Crippen molar-refractivity contribution in [1.29, 1.82) is 0 Å². The van der Waals surface area contributed by atoms with Crippen molar-refractivity contribution in [3.8, 4) is 5.69 Å². The molecule has 0 fully saturated rings. The minimum absolute atomic E-state index is 0.0246. The van der Waals surface area contributed by atoms with E-state index in [1.807, 2.05) is 37.4 Å². The molecule has 0 saturated carbocycles. The molecule has 0 spiro atoms. The van der Waals surface area contributed by atoms with E-state index >= 15 is 0 Å². The highest BCUT2D eigenvalue weighted by atomic mass is 35.5. The number of nitrogens with one attached hydrogen (secondary N) is 2. The van der Waals surface area contributed by atoms with Crippen molar-refractivity contribution < 1.29 is 4.79 Å². The summed E-state index contributed by atoms with van der Waals surface area (Å²) in [6.45, 7) is 8.70. The van der Waals surface area contributed by atoms with Crippen molar-refractivity contribution >= 4 is 17.6 Å². The first kappa shape index (κ1) is 17.3. The topological polar surface area (TPSA) is 59.0 Å². The van der Waals surface area contributed by atoms with Gasteiger partial charge >= 0.3 is 6.03 Å². The van der Waals surface area contributed by atoms with E-state index < -0.39 is 0 Å². The standard InChI is InChI=1S/C17H23ClN4O/c1-12(17(2,3)4)21-16(23)19-9-13-10-20-22(11-13)15-7-5-14(18)6-8-15/h5-8,10-12H,9H2,1-4H3,(H2,19,21,23). The molecule has 124 valence electrons. The number of urea groups is 1. The van der Waals surface area contributed by atoms with E-state index in [9.17, 15) is 4.79 Å². The van der Waals surface area contributed by atoms with Crippen LogP contribution in [0.15, 0.2) is 36.7 Å². The maximum absolute atomic E-state index is 11.9. The zero-order valence-electron chi connectivity index (χ0n) is 13.9. The van der Waals surface area contributed by atoms with E-state index in [1.54, 1.807) is 10.9 Å². The van der Waals surface area contributed by atoms with E-state index in [0.29, 0.717) is 11.6 Å². The van der Waals surface area contributed by atoms with Gasteiger partial charge in [-0.1, -0.05) is 32.4 Å². The highest BCUT2D eigenvalue weighted by Gasteiger charge is 2.21. The molecule has 5 nitrogen and oxygen atoms in total. The lowest BCUT2D eigenvalue weighted by molar-refractivity contribution is 0.222. The highest BCUT2D eigenvalue weighted by Crippen LogP contribution is 2.18. The van der Waals surface area contributed by atoms with Crippen LogP contribution in [-0.2, 0) is 6.54 Å². The lowest BCUT2D eigenvalue weighted by Gasteiger charge is -2.28. The largest absolute Gasteiger partial charge is 0.335 e. The minimum Gasteiger partial charge on any atom is -0.335 e.